The highest BCUT2D eigenvalue weighted by molar-refractivity contribution is 5.82. The lowest BCUT2D eigenvalue weighted by atomic mass is 10.2. The van der Waals surface area contributed by atoms with Gasteiger partial charge in [0.15, 0.2) is 0 Å². The molecule has 0 N–H and O–H groups in total. The molecular weight excluding hydrogens is 352 g/mol. The van der Waals surface area contributed by atoms with E-state index in [0.29, 0.717) is 12.5 Å². The number of pyridine rings is 1. The Balaban J connectivity index is 2.59. The van der Waals surface area contributed by atoms with Gasteiger partial charge in [-0.05, 0) is 32.3 Å². The first-order valence-corrected chi connectivity index (χ1v) is 8.50. The molecule has 0 spiro atoms. The van der Waals surface area contributed by atoms with Crippen molar-refractivity contribution < 1.29 is 8.78 Å². The molecule has 1 aromatic heterocycles. The highest BCUT2D eigenvalue weighted by atomic mass is 19.1. The van der Waals surface area contributed by atoms with Crippen LogP contribution >= 0.6 is 0 Å². The van der Waals surface area contributed by atoms with E-state index in [0.717, 1.165) is 23.2 Å². The van der Waals surface area contributed by atoms with Crippen molar-refractivity contribution in [2.75, 3.05) is 48.3 Å². The van der Waals surface area contributed by atoms with E-state index in [1.54, 1.807) is 11.0 Å². The third-order valence-corrected chi connectivity index (χ3v) is 3.93. The van der Waals surface area contributed by atoms with Gasteiger partial charge in [0.2, 0.25) is 5.96 Å². The number of nitrogens with zero attached hydrogens (tertiary/aromatic N) is 5. The number of hydrogen-bond donors (Lipinski definition) is 0. The number of para-hydroxylation sites is 1. The predicted octanol–water partition coefficient (Wildman–Crippen LogP) is 2.16. The van der Waals surface area contributed by atoms with Gasteiger partial charge in [-0.25, -0.2) is 8.78 Å². The zero-order valence-corrected chi connectivity index (χ0v) is 16.3. The minimum atomic E-state index is -0.827. The van der Waals surface area contributed by atoms with Gasteiger partial charge in [0.1, 0.15) is 23.1 Å². The van der Waals surface area contributed by atoms with Crippen LogP contribution in [0.3, 0.4) is 0 Å². The van der Waals surface area contributed by atoms with E-state index in [1.807, 2.05) is 45.0 Å². The van der Waals surface area contributed by atoms with E-state index in [4.69, 9.17) is 0 Å². The van der Waals surface area contributed by atoms with Crippen molar-refractivity contribution >= 4 is 11.8 Å². The van der Waals surface area contributed by atoms with Crippen LogP contribution in [-0.2, 0) is 0 Å². The number of benzene rings is 1. The number of aliphatic imine (C=N–C) groups is 1. The number of guanidine groups is 1. The van der Waals surface area contributed by atoms with Gasteiger partial charge < -0.3 is 14.7 Å². The van der Waals surface area contributed by atoms with Gasteiger partial charge in [-0.15, -0.1) is 0 Å². The molecule has 0 aliphatic carbocycles. The van der Waals surface area contributed by atoms with Crippen LogP contribution in [0.2, 0.25) is 0 Å². The summed E-state index contributed by atoms with van der Waals surface area (Å²) in [5, 5.41) is 0. The van der Waals surface area contributed by atoms with Gasteiger partial charge in [0, 0.05) is 40.3 Å². The molecule has 146 valence electrons. The molecule has 1 heterocycles. The molecule has 8 heteroatoms. The van der Waals surface area contributed by atoms with Gasteiger partial charge in [0.05, 0.1) is 0 Å². The van der Waals surface area contributed by atoms with Gasteiger partial charge in [-0.1, -0.05) is 12.1 Å². The average molecular weight is 377 g/mol. The van der Waals surface area contributed by atoms with Crippen molar-refractivity contribution in [1.29, 1.82) is 0 Å². The number of aromatic nitrogens is 1. The van der Waals surface area contributed by atoms with Crippen molar-refractivity contribution in [2.24, 2.45) is 4.99 Å². The number of hydrogen-bond acceptors (Lipinski definition) is 3. The van der Waals surface area contributed by atoms with Crippen molar-refractivity contribution in [1.82, 2.24) is 19.3 Å². The highest BCUT2D eigenvalue weighted by Crippen LogP contribution is 2.22. The fraction of sp³-hybridized carbons (Fsp3) is 0.368. The Labute approximate surface area is 158 Å². The molecule has 0 radical (unpaired) electrons. The summed E-state index contributed by atoms with van der Waals surface area (Å²) in [6.45, 7) is 1.49. The molecule has 0 bridgehead atoms. The monoisotopic (exact) mass is 377 g/mol. The second-order valence-corrected chi connectivity index (χ2v) is 6.66. The van der Waals surface area contributed by atoms with Crippen molar-refractivity contribution in [2.45, 2.75) is 0 Å². The summed E-state index contributed by atoms with van der Waals surface area (Å²) >= 11 is 0. The van der Waals surface area contributed by atoms with Crippen molar-refractivity contribution in [3.05, 3.63) is 58.4 Å². The third kappa shape index (κ3) is 4.91. The van der Waals surface area contributed by atoms with Crippen LogP contribution in [0.25, 0.3) is 5.69 Å². The van der Waals surface area contributed by atoms with Crippen LogP contribution in [0.1, 0.15) is 0 Å². The molecule has 6 nitrogen and oxygen atoms in total. The first-order valence-electron chi connectivity index (χ1n) is 8.50. The molecular formula is C19H25F2N5O. The molecule has 0 fully saturated rings. The fourth-order valence-electron chi connectivity index (χ4n) is 2.57. The Morgan fingerprint density at radius 3 is 2.11 bits per heavy atom. The van der Waals surface area contributed by atoms with Crippen molar-refractivity contribution in [3.63, 3.8) is 0 Å². The van der Waals surface area contributed by atoms with Crippen LogP contribution < -0.4 is 5.56 Å². The van der Waals surface area contributed by atoms with E-state index in [-0.39, 0.29) is 5.82 Å². The Morgan fingerprint density at radius 2 is 1.56 bits per heavy atom. The van der Waals surface area contributed by atoms with Gasteiger partial charge in [0.25, 0.3) is 5.56 Å². The first-order chi connectivity index (χ1) is 12.7. The average Bonchev–Trinajstić information content (AvgIpc) is 2.59. The lowest BCUT2D eigenvalue weighted by Crippen LogP contribution is -2.41. The molecule has 0 amide bonds. The molecule has 0 saturated carbocycles. The molecule has 2 rings (SSSR count). The summed E-state index contributed by atoms with van der Waals surface area (Å²) in [5.74, 6) is -0.945. The fourth-order valence-corrected chi connectivity index (χ4v) is 2.57. The van der Waals surface area contributed by atoms with E-state index in [1.165, 1.54) is 18.2 Å². The summed E-state index contributed by atoms with van der Waals surface area (Å²) < 4.78 is 29.5. The van der Waals surface area contributed by atoms with E-state index < -0.39 is 22.9 Å². The van der Waals surface area contributed by atoms with Crippen LogP contribution in [0.4, 0.5) is 14.6 Å². The highest BCUT2D eigenvalue weighted by Gasteiger charge is 2.17. The predicted molar refractivity (Wildman–Crippen MR) is 104 cm³/mol. The summed E-state index contributed by atoms with van der Waals surface area (Å²) in [5.41, 5.74) is -0.995. The molecule has 27 heavy (non-hydrogen) atoms. The second kappa shape index (κ2) is 8.77. The third-order valence-electron chi connectivity index (χ3n) is 3.93. The van der Waals surface area contributed by atoms with Crippen LogP contribution in [0, 0.1) is 11.6 Å². The topological polar surface area (TPSA) is 44.1 Å². The Morgan fingerprint density at radius 1 is 0.963 bits per heavy atom. The molecule has 0 atom stereocenters. The summed E-state index contributed by atoms with van der Waals surface area (Å²) in [7, 11) is 9.45. The van der Waals surface area contributed by atoms with Gasteiger partial charge >= 0.3 is 0 Å². The lowest BCUT2D eigenvalue weighted by molar-refractivity contribution is 0.338. The number of likely N-dealkylation sites (N-methyl/N-ethyl adjacent to an activating group) is 2. The molecule has 0 unspecified atom stereocenters. The molecule has 0 aliphatic heterocycles. The first kappa shape index (κ1) is 20.6. The number of halogens is 2. The minimum absolute atomic E-state index is 0.145. The van der Waals surface area contributed by atoms with Crippen LogP contribution in [-0.4, -0.2) is 73.6 Å². The van der Waals surface area contributed by atoms with Crippen LogP contribution in [0.15, 0.2) is 46.2 Å². The van der Waals surface area contributed by atoms with E-state index in [2.05, 4.69) is 4.99 Å². The van der Waals surface area contributed by atoms with E-state index >= 15 is 0 Å². The molecule has 1 aromatic carbocycles. The Hall–Kier alpha value is -2.74. The quantitative estimate of drug-likeness (QED) is 0.592. The molecule has 2 aromatic rings. The molecule has 0 aliphatic rings. The maximum Gasteiger partial charge on any atom is 0.256 e. The Bertz CT molecular complexity index is 856. The summed E-state index contributed by atoms with van der Waals surface area (Å²) in [6.07, 6.45) is 0. The molecule has 0 saturated heterocycles. The van der Waals surface area contributed by atoms with Gasteiger partial charge in [-0.3, -0.25) is 9.36 Å². The second-order valence-electron chi connectivity index (χ2n) is 6.66. The minimum Gasteiger partial charge on any atom is -0.349 e. The van der Waals surface area contributed by atoms with Crippen molar-refractivity contribution in [3.8, 4) is 5.69 Å². The normalized spacial score (nSPS) is 11.8. The zero-order chi connectivity index (χ0) is 20.1. The standard InChI is InChI=1S/C19H25F2N5O/c1-23(2)12-13-25(5)19(24(3)4)22-16-10-7-11-17(27)26(16)18-14(20)8-6-9-15(18)21/h6-11H,12-13H2,1-5H3/b22-19+. The lowest BCUT2D eigenvalue weighted by Gasteiger charge is -2.28. The number of rotatable bonds is 5. The zero-order valence-electron chi connectivity index (χ0n) is 16.3. The maximum absolute atomic E-state index is 14.3. The van der Waals surface area contributed by atoms with Crippen LogP contribution in [0.5, 0.6) is 0 Å². The van der Waals surface area contributed by atoms with Gasteiger partial charge in [-0.2, -0.15) is 4.99 Å². The SMILES string of the molecule is CN(C)CCN(C)/C(=N/c1cccc(=O)n1-c1c(F)cccc1F)N(C)C. The van der Waals surface area contributed by atoms with E-state index in [9.17, 15) is 13.6 Å². The maximum atomic E-state index is 14.3. The smallest absolute Gasteiger partial charge is 0.256 e. The summed E-state index contributed by atoms with van der Waals surface area (Å²) in [4.78, 5) is 22.7. The Kier molecular flexibility index (Phi) is 6.68. The summed E-state index contributed by atoms with van der Waals surface area (Å²) in [6, 6.07) is 7.80. The largest absolute Gasteiger partial charge is 0.349 e.